The fourth-order valence-electron chi connectivity index (χ4n) is 4.54. The molecule has 0 spiro atoms. The van der Waals surface area contributed by atoms with Crippen LogP contribution >= 0.6 is 0 Å². The zero-order valence-electron chi connectivity index (χ0n) is 14.9. The second-order valence-electron chi connectivity index (χ2n) is 7.87. The maximum atomic E-state index is 12.8. The number of benzene rings is 1. The molecule has 0 aromatic heterocycles. The van der Waals surface area contributed by atoms with Gasteiger partial charge in [-0.15, -0.1) is 0 Å². The van der Waals surface area contributed by atoms with Crippen molar-refractivity contribution in [1.82, 2.24) is 3.80 Å². The summed E-state index contributed by atoms with van der Waals surface area (Å²) in [6.07, 6.45) is 5.90. The van der Waals surface area contributed by atoms with Crippen molar-refractivity contribution < 1.29 is 21.6 Å². The van der Waals surface area contributed by atoms with Crippen molar-refractivity contribution in [3.63, 3.8) is 0 Å². The van der Waals surface area contributed by atoms with E-state index in [0.717, 1.165) is 12.8 Å². The number of amides is 1. The van der Waals surface area contributed by atoms with E-state index in [1.54, 1.807) is 0 Å². The molecule has 0 saturated heterocycles. The van der Waals surface area contributed by atoms with Gasteiger partial charge in [0.2, 0.25) is 0 Å². The van der Waals surface area contributed by atoms with Crippen molar-refractivity contribution in [3.05, 3.63) is 41.0 Å². The summed E-state index contributed by atoms with van der Waals surface area (Å²) in [7, 11) is 0. The van der Waals surface area contributed by atoms with Crippen LogP contribution in [0.5, 0.6) is 0 Å². The van der Waals surface area contributed by atoms with E-state index in [2.05, 4.69) is 52.4 Å². The summed E-state index contributed by atoms with van der Waals surface area (Å²) in [6.45, 7) is 4.50. The Morgan fingerprint density at radius 1 is 1.08 bits per heavy atom. The average molecular weight is 379 g/mol. The van der Waals surface area contributed by atoms with Crippen LogP contribution in [-0.2, 0) is 21.6 Å². The Hall–Kier alpha value is -0.639. The number of carbonyl (C=O) groups is 1. The number of allylic oxidation sites excluding steroid dienone is 2. The van der Waals surface area contributed by atoms with Gasteiger partial charge in [0.1, 0.15) is 0 Å². The van der Waals surface area contributed by atoms with Gasteiger partial charge in [-0.2, -0.15) is 0 Å². The Morgan fingerprint density at radius 2 is 1.71 bits per heavy atom. The van der Waals surface area contributed by atoms with Gasteiger partial charge in [0, 0.05) is 0 Å². The third kappa shape index (κ3) is 3.63. The standard InChI is InChI=1S/C11H11.C7H13NO.2CH3.H4Si.Ti/c1-8-7-10-5-3-4-6-11(10)9(8)2;8-7(9)6-4-2-1-3-5-6;;;;/h3-7H,1-2H3;6H,1-5H2,(H2,8,9);2*1H3;1H4;/q;;;;;+1/p-1. The molecule has 2 nitrogen and oxygen atoms in total. The minimum atomic E-state index is -2.52. The molecule has 1 aromatic rings. The second-order valence-corrected chi connectivity index (χ2v) is 14.5. The number of fused-ring (bicyclic) bond motifs is 1. The van der Waals surface area contributed by atoms with Crippen LogP contribution < -0.4 is 3.80 Å². The molecule has 1 N–H and O–H groups in total. The summed E-state index contributed by atoms with van der Waals surface area (Å²) in [5.41, 5.74) is 5.72. The molecule has 1 aromatic carbocycles. The molecule has 1 saturated carbocycles. The molecule has 3 rings (SSSR count). The van der Waals surface area contributed by atoms with Gasteiger partial charge >= 0.3 is 144 Å². The summed E-state index contributed by atoms with van der Waals surface area (Å²) in [6, 6.07) is 8.76. The molecule has 0 radical (unpaired) electrons. The predicted molar refractivity (Wildman–Crippen MR) is 105 cm³/mol. The quantitative estimate of drug-likeness (QED) is 0.792. The Kier molecular flexibility index (Phi) is 6.33. The van der Waals surface area contributed by atoms with E-state index in [1.807, 2.05) is 0 Å². The average Bonchev–Trinajstić information content (AvgIpc) is 2.80. The smallest absolute Gasteiger partial charge is 0.0149 e. The minimum absolute atomic E-state index is 0. The van der Waals surface area contributed by atoms with Gasteiger partial charge in [0.25, 0.3) is 0 Å². The van der Waals surface area contributed by atoms with Crippen LogP contribution in [0.15, 0.2) is 29.8 Å². The first-order chi connectivity index (χ1) is 10.9. The van der Waals surface area contributed by atoms with E-state index in [4.69, 9.17) is 0 Å². The Morgan fingerprint density at radius 3 is 2.38 bits per heavy atom. The third-order valence-corrected chi connectivity index (χ3v) is 10.7. The molecule has 1 unspecified atom stereocenters. The van der Waals surface area contributed by atoms with Gasteiger partial charge in [-0.05, 0) is 11.0 Å². The summed E-state index contributed by atoms with van der Waals surface area (Å²) < 4.78 is 4.03. The molecule has 0 bridgehead atoms. The third-order valence-electron chi connectivity index (χ3n) is 5.84. The van der Waals surface area contributed by atoms with Gasteiger partial charge in [-0.3, -0.25) is 0 Å². The van der Waals surface area contributed by atoms with Crippen LogP contribution in [0.25, 0.3) is 5.57 Å². The first-order valence-electron chi connectivity index (χ1n) is 9.00. The maximum Gasteiger partial charge on any atom is -0.0149 e. The van der Waals surface area contributed by atoms with E-state index < -0.39 is 16.8 Å². The molecule has 2 aliphatic carbocycles. The fourth-order valence-corrected chi connectivity index (χ4v) is 9.71. The monoisotopic (exact) mass is 379 g/mol. The maximum absolute atomic E-state index is 12.8. The zero-order valence-corrected chi connectivity index (χ0v) is 16.5. The van der Waals surface area contributed by atoms with Gasteiger partial charge in [-0.1, -0.05) is 0 Å². The number of rotatable bonds is 3. The SMILES string of the molecule is CC1=C(C)[CH]([Ti]([CH3])([CH3])[NH]C(=O)C2CCCCC2)c2ccccc21.[SiH4]. The first kappa shape index (κ1) is 19.7. The van der Waals surface area contributed by atoms with Crippen molar-refractivity contribution in [2.75, 3.05) is 0 Å². The van der Waals surface area contributed by atoms with Crippen LogP contribution in [0.4, 0.5) is 0 Å². The molecule has 1 fully saturated rings. The van der Waals surface area contributed by atoms with E-state index in [-0.39, 0.29) is 16.9 Å². The van der Waals surface area contributed by atoms with Crippen LogP contribution in [0.2, 0.25) is 10.5 Å². The Bertz CT molecular complexity index is 647. The van der Waals surface area contributed by atoms with Crippen molar-refractivity contribution in [2.45, 2.75) is 60.6 Å². The molecule has 4 heteroatoms. The molecular formula is C20H33NOSiTi. The number of hydrogen-bond acceptors (Lipinski definition) is 1. The summed E-state index contributed by atoms with van der Waals surface area (Å²) in [5.74, 6) is 0.597. The van der Waals surface area contributed by atoms with E-state index in [9.17, 15) is 4.79 Å². The van der Waals surface area contributed by atoms with Crippen LogP contribution in [-0.4, -0.2) is 16.9 Å². The number of hydrogen-bond donors (Lipinski definition) is 1. The number of nitrogens with one attached hydrogen (secondary N) is 1. The zero-order chi connectivity index (χ0) is 16.6. The van der Waals surface area contributed by atoms with Gasteiger partial charge < -0.3 is 0 Å². The van der Waals surface area contributed by atoms with E-state index in [0.29, 0.717) is 10.1 Å². The van der Waals surface area contributed by atoms with Crippen molar-refractivity contribution >= 4 is 22.4 Å². The first-order valence-corrected chi connectivity index (χ1v) is 13.8. The van der Waals surface area contributed by atoms with Crippen molar-refractivity contribution in [2.24, 2.45) is 5.92 Å². The Balaban J connectivity index is 0.00000208. The minimum Gasteiger partial charge on any atom is -0.0149 e. The van der Waals surface area contributed by atoms with Gasteiger partial charge in [-0.25, -0.2) is 0 Å². The Labute approximate surface area is 155 Å². The van der Waals surface area contributed by atoms with E-state index >= 15 is 0 Å². The van der Waals surface area contributed by atoms with E-state index in [1.165, 1.54) is 41.5 Å². The molecule has 24 heavy (non-hydrogen) atoms. The molecule has 0 aliphatic heterocycles. The molecule has 1 amide bonds. The normalized spacial score (nSPS) is 21.2. The van der Waals surface area contributed by atoms with Gasteiger partial charge in [0.15, 0.2) is 0 Å². The predicted octanol–water partition coefficient (Wildman–Crippen LogP) is 3.94. The molecule has 1 atom stereocenters. The molecule has 2 aliphatic rings. The summed E-state index contributed by atoms with van der Waals surface area (Å²) in [5, 5.41) is 4.73. The molecule has 132 valence electrons. The van der Waals surface area contributed by atoms with Gasteiger partial charge in [0.05, 0.1) is 0 Å². The fraction of sp³-hybridized carbons (Fsp3) is 0.550. The van der Waals surface area contributed by atoms with Crippen LogP contribution in [0, 0.1) is 5.92 Å². The largest absolute Gasteiger partial charge is 0.0149 e. The summed E-state index contributed by atoms with van der Waals surface area (Å²) in [4.78, 5) is 12.8. The van der Waals surface area contributed by atoms with Crippen molar-refractivity contribution in [3.8, 4) is 0 Å². The van der Waals surface area contributed by atoms with Crippen LogP contribution in [0.1, 0.15) is 61.3 Å². The second kappa shape index (κ2) is 7.72. The molecule has 0 heterocycles. The number of carbonyl (C=O) groups excluding carboxylic acids is 1. The van der Waals surface area contributed by atoms with Crippen LogP contribution in [0.3, 0.4) is 0 Å². The summed E-state index contributed by atoms with van der Waals surface area (Å²) >= 11 is -2.52. The topological polar surface area (TPSA) is 29.1 Å². The van der Waals surface area contributed by atoms with Crippen molar-refractivity contribution in [1.29, 1.82) is 0 Å². The molecular weight excluding hydrogens is 346 g/mol.